The highest BCUT2D eigenvalue weighted by molar-refractivity contribution is 5.96. The molecular weight excluding hydrogens is 399 g/mol. The molecule has 1 N–H and O–H groups in total. The van der Waals surface area contributed by atoms with Gasteiger partial charge >= 0.3 is 12.3 Å². The van der Waals surface area contributed by atoms with E-state index in [9.17, 15) is 22.8 Å². The van der Waals surface area contributed by atoms with Crippen LogP contribution in [-0.4, -0.2) is 55.9 Å². The van der Waals surface area contributed by atoms with Gasteiger partial charge in [-0.1, -0.05) is 25.0 Å². The van der Waals surface area contributed by atoms with E-state index in [0.717, 1.165) is 37.3 Å². The van der Waals surface area contributed by atoms with Crippen LogP contribution in [0.5, 0.6) is 0 Å². The Morgan fingerprint density at radius 3 is 2.27 bits per heavy atom. The van der Waals surface area contributed by atoms with Gasteiger partial charge < -0.3 is 19.9 Å². The van der Waals surface area contributed by atoms with E-state index in [0.29, 0.717) is 12.8 Å². The van der Waals surface area contributed by atoms with Gasteiger partial charge in [0, 0.05) is 32.1 Å². The van der Waals surface area contributed by atoms with Crippen molar-refractivity contribution in [3.8, 4) is 0 Å². The summed E-state index contributed by atoms with van der Waals surface area (Å²) in [5.41, 5.74) is 1.79. The molecule has 0 aliphatic carbocycles. The number of para-hydroxylation sites is 2. The van der Waals surface area contributed by atoms with Crippen LogP contribution in [-0.2, 0) is 9.53 Å². The second-order valence-corrected chi connectivity index (χ2v) is 7.84. The Morgan fingerprint density at radius 2 is 1.63 bits per heavy atom. The molecule has 3 rings (SSSR count). The Morgan fingerprint density at radius 1 is 1.00 bits per heavy atom. The lowest BCUT2D eigenvalue weighted by molar-refractivity contribution is -0.162. The number of halogens is 3. The predicted octanol–water partition coefficient (Wildman–Crippen LogP) is 4.42. The van der Waals surface area contributed by atoms with Gasteiger partial charge in [-0.15, -0.1) is 0 Å². The SMILES string of the molecule is O=C(Nc1ccccc1N1CCCCCC1)C1CCN(C(=O)OCC(F)(F)F)CC1. The monoisotopic (exact) mass is 427 g/mol. The fourth-order valence-corrected chi connectivity index (χ4v) is 3.96. The average Bonchev–Trinajstić information content (AvgIpc) is 3.01. The normalized spacial score (nSPS) is 18.6. The first-order valence-electron chi connectivity index (χ1n) is 10.5. The molecule has 2 heterocycles. The largest absolute Gasteiger partial charge is 0.440 e. The molecule has 2 amide bonds. The van der Waals surface area contributed by atoms with Gasteiger partial charge in [-0.25, -0.2) is 4.79 Å². The zero-order valence-electron chi connectivity index (χ0n) is 16.9. The minimum absolute atomic E-state index is 0.124. The van der Waals surface area contributed by atoms with Crippen molar-refractivity contribution in [1.29, 1.82) is 0 Å². The lowest BCUT2D eigenvalue weighted by Crippen LogP contribution is -2.42. The van der Waals surface area contributed by atoms with Gasteiger partial charge in [-0.05, 0) is 37.8 Å². The summed E-state index contributed by atoms with van der Waals surface area (Å²) in [7, 11) is 0. The summed E-state index contributed by atoms with van der Waals surface area (Å²) in [5, 5.41) is 3.02. The average molecular weight is 427 g/mol. The maximum Gasteiger partial charge on any atom is 0.422 e. The van der Waals surface area contributed by atoms with E-state index in [1.807, 2.05) is 24.3 Å². The molecule has 0 spiro atoms. The van der Waals surface area contributed by atoms with Crippen molar-refractivity contribution in [2.24, 2.45) is 5.92 Å². The number of nitrogens with zero attached hydrogens (tertiary/aromatic N) is 2. The van der Waals surface area contributed by atoms with Gasteiger partial charge in [0.15, 0.2) is 6.61 Å². The fraction of sp³-hybridized carbons (Fsp3) is 0.619. The van der Waals surface area contributed by atoms with Crippen LogP contribution in [0.4, 0.5) is 29.3 Å². The number of ether oxygens (including phenoxy) is 1. The van der Waals surface area contributed by atoms with Gasteiger partial charge in [0.05, 0.1) is 11.4 Å². The number of piperidine rings is 1. The van der Waals surface area contributed by atoms with E-state index in [1.54, 1.807) is 0 Å². The molecule has 1 aromatic rings. The minimum atomic E-state index is -4.55. The number of amides is 2. The molecule has 2 saturated heterocycles. The quantitative estimate of drug-likeness (QED) is 0.773. The highest BCUT2D eigenvalue weighted by atomic mass is 19.4. The van der Waals surface area contributed by atoms with Gasteiger partial charge in [0.25, 0.3) is 0 Å². The van der Waals surface area contributed by atoms with Gasteiger partial charge in [0.2, 0.25) is 5.91 Å². The van der Waals surface area contributed by atoms with Crippen molar-refractivity contribution in [1.82, 2.24) is 4.90 Å². The lowest BCUT2D eigenvalue weighted by Gasteiger charge is -2.31. The van der Waals surface area contributed by atoms with Crippen molar-refractivity contribution in [3.05, 3.63) is 24.3 Å². The topological polar surface area (TPSA) is 61.9 Å². The third-order valence-electron chi connectivity index (χ3n) is 5.59. The summed E-state index contributed by atoms with van der Waals surface area (Å²) < 4.78 is 40.9. The molecule has 0 aromatic heterocycles. The second-order valence-electron chi connectivity index (χ2n) is 7.84. The first kappa shape index (κ1) is 22.2. The molecule has 0 atom stereocenters. The molecule has 0 saturated carbocycles. The third kappa shape index (κ3) is 6.27. The number of carbonyl (C=O) groups excluding carboxylic acids is 2. The Bertz CT molecular complexity index is 726. The van der Waals surface area contributed by atoms with Crippen molar-refractivity contribution >= 4 is 23.4 Å². The van der Waals surface area contributed by atoms with Gasteiger partial charge in [-0.2, -0.15) is 13.2 Å². The Hall–Kier alpha value is -2.45. The summed E-state index contributed by atoms with van der Waals surface area (Å²) in [6.07, 6.45) is -0.0650. The van der Waals surface area contributed by atoms with Crippen molar-refractivity contribution in [3.63, 3.8) is 0 Å². The minimum Gasteiger partial charge on any atom is -0.440 e. The molecule has 2 fully saturated rings. The molecule has 166 valence electrons. The third-order valence-corrected chi connectivity index (χ3v) is 5.59. The summed E-state index contributed by atoms with van der Waals surface area (Å²) in [6.45, 7) is 0.723. The Balaban J connectivity index is 1.53. The van der Waals surface area contributed by atoms with Gasteiger partial charge in [-0.3, -0.25) is 4.79 Å². The zero-order valence-corrected chi connectivity index (χ0v) is 16.9. The number of carbonyl (C=O) groups is 2. The molecule has 2 aliphatic heterocycles. The van der Waals surface area contributed by atoms with Crippen LogP contribution in [0.25, 0.3) is 0 Å². The van der Waals surface area contributed by atoms with Crippen molar-refractivity contribution in [2.45, 2.75) is 44.7 Å². The molecule has 9 heteroatoms. The zero-order chi connectivity index (χ0) is 21.6. The summed E-state index contributed by atoms with van der Waals surface area (Å²) in [5.74, 6) is -0.422. The van der Waals surface area contributed by atoms with Crippen LogP contribution in [0, 0.1) is 5.92 Å². The molecule has 0 unspecified atom stereocenters. The van der Waals surface area contributed by atoms with Crippen LogP contribution in [0.3, 0.4) is 0 Å². The van der Waals surface area contributed by atoms with Crippen molar-refractivity contribution in [2.75, 3.05) is 43.0 Å². The van der Waals surface area contributed by atoms with E-state index >= 15 is 0 Å². The number of nitrogens with one attached hydrogen (secondary N) is 1. The second kappa shape index (κ2) is 10.0. The van der Waals surface area contributed by atoms with Crippen LogP contribution >= 0.6 is 0 Å². The standard InChI is InChI=1S/C21H28F3N3O3/c22-21(23,24)15-30-20(29)27-13-9-16(10-14-27)19(28)25-17-7-3-4-8-18(17)26-11-5-1-2-6-12-26/h3-4,7-8,16H,1-2,5-6,9-15H2,(H,25,28). The van der Waals surface area contributed by atoms with Crippen molar-refractivity contribution < 1.29 is 27.5 Å². The number of benzene rings is 1. The number of anilines is 2. The molecule has 2 aliphatic rings. The fourth-order valence-electron chi connectivity index (χ4n) is 3.96. The highest BCUT2D eigenvalue weighted by Crippen LogP contribution is 2.29. The summed E-state index contributed by atoms with van der Waals surface area (Å²) >= 11 is 0. The van der Waals surface area contributed by atoms with Gasteiger partial charge in [0.1, 0.15) is 0 Å². The van der Waals surface area contributed by atoms with Crippen LogP contribution < -0.4 is 10.2 Å². The summed E-state index contributed by atoms with van der Waals surface area (Å²) in [6, 6.07) is 7.75. The highest BCUT2D eigenvalue weighted by Gasteiger charge is 2.33. The van der Waals surface area contributed by atoms with Crippen LogP contribution in [0.15, 0.2) is 24.3 Å². The molecular formula is C21H28F3N3O3. The number of hydrogen-bond acceptors (Lipinski definition) is 4. The maximum absolute atomic E-state index is 12.8. The van der Waals surface area contributed by atoms with Crippen LogP contribution in [0.2, 0.25) is 0 Å². The number of rotatable bonds is 4. The number of likely N-dealkylation sites (tertiary alicyclic amines) is 1. The first-order chi connectivity index (χ1) is 14.3. The first-order valence-corrected chi connectivity index (χ1v) is 10.5. The molecule has 30 heavy (non-hydrogen) atoms. The lowest BCUT2D eigenvalue weighted by atomic mass is 9.96. The smallest absolute Gasteiger partial charge is 0.422 e. The number of alkyl halides is 3. The van der Waals surface area contributed by atoms with Crippen LogP contribution in [0.1, 0.15) is 38.5 Å². The number of hydrogen-bond donors (Lipinski definition) is 1. The maximum atomic E-state index is 12.8. The Kier molecular flexibility index (Phi) is 7.44. The van der Waals surface area contributed by atoms with E-state index in [-0.39, 0.29) is 24.9 Å². The predicted molar refractivity (Wildman–Crippen MR) is 107 cm³/mol. The van der Waals surface area contributed by atoms with E-state index in [4.69, 9.17) is 0 Å². The van der Waals surface area contributed by atoms with E-state index in [1.165, 1.54) is 17.7 Å². The molecule has 0 radical (unpaired) electrons. The molecule has 1 aromatic carbocycles. The molecule has 6 nitrogen and oxygen atoms in total. The Labute approximate surface area is 174 Å². The van der Waals surface area contributed by atoms with E-state index in [2.05, 4.69) is 15.0 Å². The summed E-state index contributed by atoms with van der Waals surface area (Å²) in [4.78, 5) is 28.1. The molecule has 0 bridgehead atoms. The van der Waals surface area contributed by atoms with E-state index < -0.39 is 18.9 Å².